The lowest BCUT2D eigenvalue weighted by molar-refractivity contribution is -0.112. The highest BCUT2D eigenvalue weighted by Gasteiger charge is 2.38. The summed E-state index contributed by atoms with van der Waals surface area (Å²) in [6.07, 6.45) is 5.13. The smallest absolute Gasteiger partial charge is 0.200 e. The Morgan fingerprint density at radius 3 is 2.73 bits per heavy atom. The second-order valence-electron chi connectivity index (χ2n) is 7.67. The molecule has 1 aromatic carbocycles. The number of thioether (sulfide) groups is 1. The molecule has 1 aliphatic heterocycles. The monoisotopic (exact) mass is 420 g/mol. The first-order valence-corrected chi connectivity index (χ1v) is 10.7. The molecule has 3 heterocycles. The summed E-state index contributed by atoms with van der Waals surface area (Å²) in [4.78, 5) is 14.9. The second-order valence-corrected chi connectivity index (χ2v) is 8.61. The molecule has 0 aliphatic carbocycles. The van der Waals surface area contributed by atoms with E-state index in [0.29, 0.717) is 23.3 Å². The van der Waals surface area contributed by atoms with Crippen LogP contribution in [0.4, 0.5) is 5.69 Å². The van der Waals surface area contributed by atoms with E-state index in [4.69, 9.17) is 4.42 Å². The predicted octanol–water partition coefficient (Wildman–Crippen LogP) is 4.70. The number of anilines is 1. The Morgan fingerprint density at radius 2 is 2.03 bits per heavy atom. The molecule has 3 aromatic rings. The number of para-hydroxylation sites is 1. The van der Waals surface area contributed by atoms with Crippen molar-refractivity contribution in [3.63, 3.8) is 0 Å². The molecule has 0 bridgehead atoms. The van der Waals surface area contributed by atoms with Crippen molar-refractivity contribution in [2.45, 2.75) is 31.0 Å². The summed E-state index contributed by atoms with van der Waals surface area (Å²) in [5.41, 5.74) is 3.15. The molecule has 30 heavy (non-hydrogen) atoms. The summed E-state index contributed by atoms with van der Waals surface area (Å²) in [7, 11) is 2.01. The van der Waals surface area contributed by atoms with Crippen LogP contribution in [-0.4, -0.2) is 33.3 Å². The van der Waals surface area contributed by atoms with E-state index in [0.717, 1.165) is 11.4 Å². The molecule has 7 heteroatoms. The topological polar surface area (TPSA) is 64.2 Å². The fourth-order valence-corrected chi connectivity index (χ4v) is 4.64. The van der Waals surface area contributed by atoms with Crippen LogP contribution in [0.2, 0.25) is 0 Å². The molecule has 4 rings (SSSR count). The van der Waals surface area contributed by atoms with Crippen molar-refractivity contribution in [1.29, 1.82) is 0 Å². The van der Waals surface area contributed by atoms with Gasteiger partial charge in [-0.1, -0.05) is 49.9 Å². The van der Waals surface area contributed by atoms with E-state index < -0.39 is 0 Å². The minimum Gasteiger partial charge on any atom is -0.461 e. The Morgan fingerprint density at radius 1 is 1.23 bits per heavy atom. The van der Waals surface area contributed by atoms with Gasteiger partial charge in [-0.2, -0.15) is 0 Å². The number of fused-ring (bicyclic) bond motifs is 1. The van der Waals surface area contributed by atoms with Crippen LogP contribution >= 0.6 is 11.8 Å². The third-order valence-electron chi connectivity index (χ3n) is 5.35. The van der Waals surface area contributed by atoms with Gasteiger partial charge < -0.3 is 9.32 Å². The van der Waals surface area contributed by atoms with Crippen molar-refractivity contribution in [3.8, 4) is 11.6 Å². The largest absolute Gasteiger partial charge is 0.461 e. The Bertz CT molecular complexity index is 1110. The maximum Gasteiger partial charge on any atom is 0.200 e. The summed E-state index contributed by atoms with van der Waals surface area (Å²) in [5, 5.41) is 9.15. The van der Waals surface area contributed by atoms with Gasteiger partial charge in [0.1, 0.15) is 0 Å². The molecule has 0 saturated carbocycles. The van der Waals surface area contributed by atoms with Crippen molar-refractivity contribution in [3.05, 3.63) is 72.7 Å². The van der Waals surface area contributed by atoms with Gasteiger partial charge in [-0.15, -0.1) is 16.8 Å². The average molecular weight is 421 g/mol. The van der Waals surface area contributed by atoms with Crippen LogP contribution in [0, 0.1) is 0 Å². The van der Waals surface area contributed by atoms with Crippen LogP contribution < -0.4 is 4.90 Å². The maximum atomic E-state index is 12.8. The molecule has 0 radical (unpaired) electrons. The first-order chi connectivity index (χ1) is 14.4. The summed E-state index contributed by atoms with van der Waals surface area (Å²) >= 11 is 1.37. The molecule has 0 unspecified atom stereocenters. The molecular formula is C23H24N4O2S. The normalized spacial score (nSPS) is 16.1. The van der Waals surface area contributed by atoms with Gasteiger partial charge in [0, 0.05) is 36.5 Å². The average Bonchev–Trinajstić information content (AvgIpc) is 3.43. The molecule has 2 aromatic heterocycles. The number of hydrogen-bond donors (Lipinski definition) is 0. The zero-order valence-corrected chi connectivity index (χ0v) is 18.1. The van der Waals surface area contributed by atoms with Crippen molar-refractivity contribution < 1.29 is 9.21 Å². The molecule has 1 aliphatic rings. The highest BCUT2D eigenvalue weighted by atomic mass is 32.2. The first kappa shape index (κ1) is 20.2. The van der Waals surface area contributed by atoms with E-state index in [1.165, 1.54) is 17.3 Å². The zero-order valence-electron chi connectivity index (χ0n) is 17.3. The second kappa shape index (κ2) is 7.99. The van der Waals surface area contributed by atoms with Crippen LogP contribution in [0.1, 0.15) is 19.4 Å². The van der Waals surface area contributed by atoms with Gasteiger partial charge in [0.05, 0.1) is 12.0 Å². The molecule has 154 valence electrons. The molecule has 0 fully saturated rings. The SMILES string of the molecule is C=CCn1c(SCC(=O)/C=C2\N(C)c3ccccc3C2(C)C)nnc1-c1ccco1. The van der Waals surface area contributed by atoms with Crippen LogP contribution in [0.25, 0.3) is 11.6 Å². The number of likely N-dealkylation sites (N-methyl/N-ethyl adjacent to an activating group) is 1. The minimum atomic E-state index is -0.221. The third kappa shape index (κ3) is 3.50. The molecule has 0 saturated heterocycles. The molecular weight excluding hydrogens is 396 g/mol. The van der Waals surface area contributed by atoms with Gasteiger partial charge in [0.2, 0.25) is 5.82 Å². The zero-order chi connectivity index (χ0) is 21.3. The lowest BCUT2D eigenvalue weighted by Gasteiger charge is -2.23. The van der Waals surface area contributed by atoms with Gasteiger partial charge in [-0.05, 0) is 23.8 Å². The van der Waals surface area contributed by atoms with Gasteiger partial charge in [-0.25, -0.2) is 0 Å². The number of aromatic nitrogens is 3. The summed E-state index contributed by atoms with van der Waals surface area (Å²) in [6.45, 7) is 8.64. The maximum absolute atomic E-state index is 12.8. The quantitative estimate of drug-likeness (QED) is 0.314. The first-order valence-electron chi connectivity index (χ1n) is 9.72. The van der Waals surface area contributed by atoms with Crippen molar-refractivity contribution in [2.24, 2.45) is 0 Å². The lowest BCUT2D eigenvalue weighted by Crippen LogP contribution is -2.24. The van der Waals surface area contributed by atoms with E-state index in [2.05, 4.69) is 47.7 Å². The van der Waals surface area contributed by atoms with Crippen LogP contribution in [0.15, 0.2) is 76.7 Å². The summed E-state index contributed by atoms with van der Waals surface area (Å²) < 4.78 is 7.35. The van der Waals surface area contributed by atoms with Gasteiger partial charge in [0.15, 0.2) is 16.7 Å². The number of carbonyl (C=O) groups excluding carboxylic acids is 1. The van der Waals surface area contributed by atoms with Gasteiger partial charge in [0.25, 0.3) is 0 Å². The number of nitrogens with zero attached hydrogens (tertiary/aromatic N) is 4. The highest BCUT2D eigenvalue weighted by Crippen LogP contribution is 2.46. The number of allylic oxidation sites excluding steroid dienone is 3. The Labute approximate surface area is 180 Å². The number of carbonyl (C=O) groups is 1. The molecule has 0 amide bonds. The van der Waals surface area contributed by atoms with E-state index in [1.807, 2.05) is 35.9 Å². The van der Waals surface area contributed by atoms with Crippen molar-refractivity contribution >= 4 is 23.2 Å². The number of benzene rings is 1. The number of hydrogen-bond acceptors (Lipinski definition) is 6. The lowest BCUT2D eigenvalue weighted by atomic mass is 9.83. The molecule has 0 N–H and O–H groups in total. The Hall–Kier alpha value is -3.06. The fraction of sp³-hybridized carbons (Fsp3) is 0.261. The van der Waals surface area contributed by atoms with E-state index in [-0.39, 0.29) is 17.0 Å². The Balaban J connectivity index is 1.53. The minimum absolute atomic E-state index is 0.0374. The van der Waals surface area contributed by atoms with Gasteiger partial charge in [-0.3, -0.25) is 9.36 Å². The van der Waals surface area contributed by atoms with E-state index in [9.17, 15) is 4.79 Å². The van der Waals surface area contributed by atoms with Gasteiger partial charge >= 0.3 is 0 Å². The highest BCUT2D eigenvalue weighted by molar-refractivity contribution is 7.99. The van der Waals surface area contributed by atoms with Crippen molar-refractivity contribution in [1.82, 2.24) is 14.8 Å². The van der Waals surface area contributed by atoms with Crippen LogP contribution in [0.5, 0.6) is 0 Å². The van der Waals surface area contributed by atoms with E-state index in [1.54, 1.807) is 18.4 Å². The standard InChI is InChI=1S/C23H24N4O2S/c1-5-12-27-21(19-11-8-13-29-19)24-25-22(27)30-15-16(28)14-20-23(2,3)17-9-6-7-10-18(17)26(20)4/h5-11,13-14H,1,12,15H2,2-4H3/b20-14-. The van der Waals surface area contributed by atoms with Crippen LogP contribution in [0.3, 0.4) is 0 Å². The third-order valence-corrected chi connectivity index (χ3v) is 6.34. The fourth-order valence-electron chi connectivity index (χ4n) is 3.87. The van der Waals surface area contributed by atoms with Crippen LogP contribution in [-0.2, 0) is 16.8 Å². The molecule has 0 spiro atoms. The van der Waals surface area contributed by atoms with E-state index >= 15 is 0 Å². The predicted molar refractivity (Wildman–Crippen MR) is 120 cm³/mol. The number of rotatable bonds is 7. The summed E-state index contributed by atoms with van der Waals surface area (Å²) in [6, 6.07) is 11.9. The Kier molecular flexibility index (Phi) is 5.39. The molecule has 6 nitrogen and oxygen atoms in total. The number of ketones is 1. The number of furan rings is 1. The summed E-state index contributed by atoms with van der Waals surface area (Å²) in [5.74, 6) is 1.57. The molecule has 0 atom stereocenters. The van der Waals surface area contributed by atoms with Crippen molar-refractivity contribution in [2.75, 3.05) is 17.7 Å².